The van der Waals surface area contributed by atoms with Crippen LogP contribution in [0, 0.1) is 0 Å². The highest BCUT2D eigenvalue weighted by atomic mass is 16.6. The zero-order valence-electron chi connectivity index (χ0n) is 12.8. The van der Waals surface area contributed by atoms with Crippen LogP contribution in [-0.4, -0.2) is 59.9 Å². The molecule has 0 spiro atoms. The number of nitrogens with zero attached hydrogens (tertiary/aromatic N) is 2. The summed E-state index contributed by atoms with van der Waals surface area (Å²) in [6.07, 6.45) is 1.70. The van der Waals surface area contributed by atoms with E-state index in [1.54, 1.807) is 11.1 Å². The molecule has 0 radical (unpaired) electrons. The van der Waals surface area contributed by atoms with Gasteiger partial charge in [-0.15, -0.1) is 0 Å². The SMILES string of the molecule is CCN=CCC(O)OC[C@@H]1CCN1C(=O)OC(C)(C)C. The Kier molecular flexibility index (Phi) is 6.42. The minimum atomic E-state index is -0.869. The van der Waals surface area contributed by atoms with Gasteiger partial charge in [-0.1, -0.05) is 0 Å². The van der Waals surface area contributed by atoms with Crippen molar-refractivity contribution in [1.82, 2.24) is 4.90 Å². The second-order valence-corrected chi connectivity index (χ2v) is 5.82. The van der Waals surface area contributed by atoms with Crippen molar-refractivity contribution in [2.45, 2.75) is 58.5 Å². The topological polar surface area (TPSA) is 71.4 Å². The molecule has 0 bridgehead atoms. The van der Waals surface area contributed by atoms with Crippen molar-refractivity contribution < 1.29 is 19.4 Å². The fourth-order valence-electron chi connectivity index (χ4n) is 1.76. The van der Waals surface area contributed by atoms with Crippen LogP contribution in [-0.2, 0) is 9.47 Å². The number of carbonyl (C=O) groups is 1. The van der Waals surface area contributed by atoms with Gasteiger partial charge in [0.2, 0.25) is 0 Å². The zero-order chi connectivity index (χ0) is 15.2. The van der Waals surface area contributed by atoms with Crippen LogP contribution in [0.4, 0.5) is 4.79 Å². The van der Waals surface area contributed by atoms with Gasteiger partial charge in [0.1, 0.15) is 5.60 Å². The Bertz CT molecular complexity index is 339. The van der Waals surface area contributed by atoms with E-state index in [0.29, 0.717) is 26.1 Å². The summed E-state index contributed by atoms with van der Waals surface area (Å²) >= 11 is 0. The number of aliphatic hydroxyl groups is 1. The summed E-state index contributed by atoms with van der Waals surface area (Å²) < 4.78 is 10.6. The molecule has 0 saturated carbocycles. The molecule has 6 nitrogen and oxygen atoms in total. The predicted molar refractivity (Wildman–Crippen MR) is 77.0 cm³/mol. The maximum Gasteiger partial charge on any atom is 0.410 e. The number of aliphatic imine (C=N–C) groups is 1. The molecule has 20 heavy (non-hydrogen) atoms. The van der Waals surface area contributed by atoms with Crippen molar-refractivity contribution in [3.05, 3.63) is 0 Å². The Morgan fingerprint density at radius 1 is 1.55 bits per heavy atom. The molecule has 1 fully saturated rings. The van der Waals surface area contributed by atoms with Crippen LogP contribution in [0.3, 0.4) is 0 Å². The second-order valence-electron chi connectivity index (χ2n) is 5.82. The first kappa shape index (κ1) is 16.9. The summed E-state index contributed by atoms with van der Waals surface area (Å²) in [6.45, 7) is 9.14. The van der Waals surface area contributed by atoms with E-state index in [0.717, 1.165) is 6.42 Å². The summed E-state index contributed by atoms with van der Waals surface area (Å²) in [6, 6.07) is -0.0115. The normalized spacial score (nSPS) is 20.9. The lowest BCUT2D eigenvalue weighted by molar-refractivity contribution is -0.119. The number of hydrogen-bond acceptors (Lipinski definition) is 5. The average molecular weight is 286 g/mol. The van der Waals surface area contributed by atoms with E-state index in [1.807, 2.05) is 27.7 Å². The van der Waals surface area contributed by atoms with Gasteiger partial charge in [-0.2, -0.15) is 0 Å². The van der Waals surface area contributed by atoms with Crippen molar-refractivity contribution >= 4 is 12.3 Å². The van der Waals surface area contributed by atoms with Crippen LogP contribution in [0.25, 0.3) is 0 Å². The van der Waals surface area contributed by atoms with Crippen LogP contribution in [0.15, 0.2) is 4.99 Å². The molecule has 1 heterocycles. The molecule has 116 valence electrons. The summed E-state index contributed by atoms with van der Waals surface area (Å²) in [4.78, 5) is 17.5. The van der Waals surface area contributed by atoms with Gasteiger partial charge >= 0.3 is 6.09 Å². The third kappa shape index (κ3) is 5.88. The Morgan fingerprint density at radius 3 is 2.75 bits per heavy atom. The molecule has 6 heteroatoms. The van der Waals surface area contributed by atoms with Crippen LogP contribution >= 0.6 is 0 Å². The highest BCUT2D eigenvalue weighted by Gasteiger charge is 2.35. The molecule has 0 aliphatic carbocycles. The molecule has 1 amide bonds. The molecule has 1 N–H and O–H groups in total. The first-order valence-corrected chi connectivity index (χ1v) is 7.11. The van der Waals surface area contributed by atoms with E-state index in [4.69, 9.17) is 9.47 Å². The minimum Gasteiger partial charge on any atom is -0.444 e. The first-order chi connectivity index (χ1) is 9.33. The smallest absolute Gasteiger partial charge is 0.410 e. The van der Waals surface area contributed by atoms with Gasteiger partial charge in [0, 0.05) is 25.7 Å². The largest absolute Gasteiger partial charge is 0.444 e. The summed E-state index contributed by atoms with van der Waals surface area (Å²) in [5.74, 6) is 0. The van der Waals surface area contributed by atoms with E-state index in [-0.39, 0.29) is 12.1 Å². The van der Waals surface area contributed by atoms with Crippen molar-refractivity contribution in [1.29, 1.82) is 0 Å². The van der Waals surface area contributed by atoms with Gasteiger partial charge in [-0.3, -0.25) is 4.99 Å². The summed E-state index contributed by atoms with van der Waals surface area (Å²) in [5, 5.41) is 9.61. The Balaban J connectivity index is 2.28. The second kappa shape index (κ2) is 7.59. The highest BCUT2D eigenvalue weighted by Crippen LogP contribution is 2.21. The quantitative estimate of drug-likeness (QED) is 0.597. The molecular weight excluding hydrogens is 260 g/mol. The van der Waals surface area contributed by atoms with Gasteiger partial charge < -0.3 is 19.5 Å². The van der Waals surface area contributed by atoms with Crippen LogP contribution in [0.1, 0.15) is 40.5 Å². The maximum absolute atomic E-state index is 11.9. The van der Waals surface area contributed by atoms with E-state index in [2.05, 4.69) is 4.99 Å². The number of hydrogen-bond donors (Lipinski definition) is 1. The average Bonchev–Trinajstić information content (AvgIpc) is 2.25. The van der Waals surface area contributed by atoms with E-state index < -0.39 is 11.9 Å². The lowest BCUT2D eigenvalue weighted by Gasteiger charge is -2.41. The zero-order valence-corrected chi connectivity index (χ0v) is 12.8. The molecule has 0 aromatic heterocycles. The molecule has 1 saturated heterocycles. The molecule has 1 aliphatic heterocycles. The maximum atomic E-state index is 11.9. The van der Waals surface area contributed by atoms with Crippen molar-refractivity contribution in [3.63, 3.8) is 0 Å². The number of aliphatic hydroxyl groups excluding tert-OH is 1. The van der Waals surface area contributed by atoms with Gasteiger partial charge in [0.15, 0.2) is 6.29 Å². The van der Waals surface area contributed by atoms with Crippen molar-refractivity contribution in [3.8, 4) is 0 Å². The van der Waals surface area contributed by atoms with Gasteiger partial charge in [0.25, 0.3) is 0 Å². The van der Waals surface area contributed by atoms with Gasteiger partial charge in [0.05, 0.1) is 12.6 Å². The number of likely N-dealkylation sites (tertiary alicyclic amines) is 1. The molecule has 2 atom stereocenters. The fraction of sp³-hybridized carbons (Fsp3) is 0.857. The molecule has 1 rings (SSSR count). The third-order valence-electron chi connectivity index (χ3n) is 2.87. The van der Waals surface area contributed by atoms with Gasteiger partial charge in [-0.25, -0.2) is 4.79 Å². The molecule has 0 aromatic carbocycles. The third-order valence-corrected chi connectivity index (χ3v) is 2.87. The van der Waals surface area contributed by atoms with Crippen LogP contribution in [0.2, 0.25) is 0 Å². The number of carbonyl (C=O) groups excluding carboxylic acids is 1. The predicted octanol–water partition coefficient (Wildman–Crippen LogP) is 1.81. The lowest BCUT2D eigenvalue weighted by Crippen LogP contribution is -2.55. The molecular formula is C14H26N2O4. The monoisotopic (exact) mass is 286 g/mol. The van der Waals surface area contributed by atoms with Crippen molar-refractivity contribution in [2.75, 3.05) is 19.7 Å². The standard InChI is InChI=1S/C14H26N2O4/c1-5-15-8-6-12(17)19-10-11-7-9-16(11)13(18)20-14(2,3)4/h8,11-12,17H,5-7,9-10H2,1-4H3/t11-,12?/m0/s1. The fourth-order valence-corrected chi connectivity index (χ4v) is 1.76. The Hall–Kier alpha value is -1.14. The highest BCUT2D eigenvalue weighted by molar-refractivity contribution is 5.69. The van der Waals surface area contributed by atoms with Gasteiger partial charge in [-0.05, 0) is 34.1 Å². The van der Waals surface area contributed by atoms with E-state index >= 15 is 0 Å². The summed E-state index contributed by atoms with van der Waals surface area (Å²) in [5.41, 5.74) is -0.492. The van der Waals surface area contributed by atoms with Crippen LogP contribution < -0.4 is 0 Å². The Labute approximate surface area is 120 Å². The molecule has 1 unspecified atom stereocenters. The van der Waals surface area contributed by atoms with E-state index in [1.165, 1.54) is 0 Å². The van der Waals surface area contributed by atoms with Crippen molar-refractivity contribution in [2.24, 2.45) is 4.99 Å². The Morgan fingerprint density at radius 2 is 2.25 bits per heavy atom. The minimum absolute atomic E-state index is 0.0115. The number of rotatable bonds is 6. The lowest BCUT2D eigenvalue weighted by atomic mass is 10.1. The number of amides is 1. The van der Waals surface area contributed by atoms with E-state index in [9.17, 15) is 9.90 Å². The summed E-state index contributed by atoms with van der Waals surface area (Å²) in [7, 11) is 0. The molecule has 1 aliphatic rings. The van der Waals surface area contributed by atoms with Crippen LogP contribution in [0.5, 0.6) is 0 Å². The number of ether oxygens (including phenoxy) is 2. The first-order valence-electron chi connectivity index (χ1n) is 7.11. The molecule has 0 aromatic rings.